The number of carbonyl (C=O) groups is 1. The van der Waals surface area contributed by atoms with E-state index in [9.17, 15) is 4.79 Å². The summed E-state index contributed by atoms with van der Waals surface area (Å²) in [5, 5.41) is 0.945. The van der Waals surface area contributed by atoms with E-state index in [1.54, 1.807) is 25.3 Å². The van der Waals surface area contributed by atoms with Crippen molar-refractivity contribution in [3.8, 4) is 5.75 Å². The molecule has 0 radical (unpaired) electrons. The third-order valence-corrected chi connectivity index (χ3v) is 6.87. The minimum atomic E-state index is -0.161. The molecule has 4 rings (SSSR count). The zero-order chi connectivity index (χ0) is 26.5. The number of ether oxygens (including phenoxy) is 2. The molecule has 0 bridgehead atoms. The maximum Gasteiger partial charge on any atom is 0.247 e. The number of rotatable bonds is 10. The lowest BCUT2D eigenvalue weighted by Crippen LogP contribution is -2.44. The van der Waals surface area contributed by atoms with E-state index in [1.165, 1.54) is 0 Å². The zero-order valence-electron chi connectivity index (χ0n) is 21.5. The number of hydrogen-bond acceptors (Lipinski definition) is 4. The van der Waals surface area contributed by atoms with Crippen molar-refractivity contribution in [3.63, 3.8) is 0 Å². The molecule has 0 fully saturated rings. The molecule has 1 heterocycles. The van der Waals surface area contributed by atoms with E-state index in [-0.39, 0.29) is 25.1 Å². The van der Waals surface area contributed by atoms with E-state index in [2.05, 4.69) is 13.0 Å². The number of amides is 1. The van der Waals surface area contributed by atoms with Gasteiger partial charge in [0, 0.05) is 12.1 Å². The molecule has 1 atom stereocenters. The van der Waals surface area contributed by atoms with Crippen molar-refractivity contribution in [1.29, 1.82) is 0 Å². The number of aromatic nitrogens is 2. The molecule has 1 amide bonds. The Morgan fingerprint density at radius 2 is 1.89 bits per heavy atom. The maximum atomic E-state index is 14.1. The highest BCUT2D eigenvalue weighted by Crippen LogP contribution is 2.30. The van der Waals surface area contributed by atoms with Gasteiger partial charge in [0.15, 0.2) is 0 Å². The first-order valence-corrected chi connectivity index (χ1v) is 13.0. The van der Waals surface area contributed by atoms with Crippen molar-refractivity contribution in [3.05, 3.63) is 87.7 Å². The molecule has 0 N–H and O–H groups in total. The molecule has 0 aliphatic carbocycles. The normalized spacial score (nSPS) is 12.1. The molecule has 4 aromatic rings. The van der Waals surface area contributed by atoms with E-state index in [4.69, 9.17) is 37.7 Å². The molecule has 8 heteroatoms. The Bertz CT molecular complexity index is 1400. The average Bonchev–Trinajstić information content (AvgIpc) is 3.22. The van der Waals surface area contributed by atoms with Crippen LogP contribution in [0.5, 0.6) is 5.75 Å². The lowest BCUT2D eigenvalue weighted by Gasteiger charge is -2.32. The van der Waals surface area contributed by atoms with Crippen LogP contribution in [0.3, 0.4) is 0 Å². The van der Waals surface area contributed by atoms with Gasteiger partial charge in [-0.1, -0.05) is 60.5 Å². The van der Waals surface area contributed by atoms with Crippen LogP contribution in [0.25, 0.3) is 11.0 Å². The van der Waals surface area contributed by atoms with Crippen molar-refractivity contribution in [1.82, 2.24) is 9.55 Å². The number of nitrogens with zero attached hydrogens (tertiary/aromatic N) is 3. The Kier molecular flexibility index (Phi) is 8.75. The topological polar surface area (TPSA) is 56.6 Å². The number of benzene rings is 3. The van der Waals surface area contributed by atoms with Crippen molar-refractivity contribution in [2.24, 2.45) is 0 Å². The summed E-state index contributed by atoms with van der Waals surface area (Å²) in [6.45, 7) is 6.80. The maximum absolute atomic E-state index is 14.1. The van der Waals surface area contributed by atoms with E-state index < -0.39 is 0 Å². The molecule has 0 aliphatic heterocycles. The highest BCUT2D eigenvalue weighted by molar-refractivity contribution is 6.35. The van der Waals surface area contributed by atoms with Crippen molar-refractivity contribution >= 4 is 45.8 Å². The number of carbonyl (C=O) groups excluding carboxylic acids is 1. The van der Waals surface area contributed by atoms with Gasteiger partial charge in [-0.2, -0.15) is 0 Å². The molecule has 37 heavy (non-hydrogen) atoms. The van der Waals surface area contributed by atoms with Gasteiger partial charge in [-0.15, -0.1) is 0 Å². The highest BCUT2D eigenvalue weighted by Gasteiger charge is 2.27. The third kappa shape index (κ3) is 5.93. The van der Waals surface area contributed by atoms with Gasteiger partial charge in [-0.05, 0) is 61.7 Å². The van der Waals surface area contributed by atoms with Crippen LogP contribution in [-0.4, -0.2) is 35.2 Å². The standard InChI is InChI=1S/C29H31Cl2N3O3/c1-5-21-10-8-9-19(2)29(21)34(20(3)17-36-4)28(35)16-33-25-12-7-6-11-24(25)32-27(33)18-37-26-14-13-22(30)15-23(26)31/h6-15,20H,5,16-18H2,1-4H3. The molecule has 0 saturated carbocycles. The fourth-order valence-corrected chi connectivity index (χ4v) is 5.08. The summed E-state index contributed by atoms with van der Waals surface area (Å²) in [7, 11) is 1.65. The number of imidazole rings is 1. The number of anilines is 1. The van der Waals surface area contributed by atoms with Crippen LogP contribution in [0.4, 0.5) is 5.69 Å². The Morgan fingerprint density at radius 3 is 2.62 bits per heavy atom. The lowest BCUT2D eigenvalue weighted by molar-refractivity contribution is -0.119. The summed E-state index contributed by atoms with van der Waals surface area (Å²) in [6, 6.07) is 18.8. The molecule has 1 unspecified atom stereocenters. The number of hydrogen-bond donors (Lipinski definition) is 0. The largest absolute Gasteiger partial charge is 0.484 e. The second-order valence-corrected chi connectivity index (χ2v) is 9.81. The summed E-state index contributed by atoms with van der Waals surface area (Å²) in [4.78, 5) is 20.7. The number of fused-ring (bicyclic) bond motifs is 1. The third-order valence-electron chi connectivity index (χ3n) is 6.34. The summed E-state index contributed by atoms with van der Waals surface area (Å²) in [5.74, 6) is 1.07. The first kappa shape index (κ1) is 27.0. The van der Waals surface area contributed by atoms with Gasteiger partial charge in [0.1, 0.15) is 24.7 Å². The Labute approximate surface area is 227 Å². The van der Waals surface area contributed by atoms with Crippen molar-refractivity contribution < 1.29 is 14.3 Å². The van der Waals surface area contributed by atoms with Crippen LogP contribution in [0.2, 0.25) is 10.0 Å². The van der Waals surface area contributed by atoms with E-state index >= 15 is 0 Å². The van der Waals surface area contributed by atoms with E-state index in [0.717, 1.165) is 34.3 Å². The van der Waals surface area contributed by atoms with Crippen LogP contribution in [0, 0.1) is 6.92 Å². The minimum absolute atomic E-state index is 0.0533. The van der Waals surface area contributed by atoms with Crippen LogP contribution in [0.1, 0.15) is 30.8 Å². The number of halogens is 2. The molecule has 0 aliphatic rings. The smallest absolute Gasteiger partial charge is 0.247 e. The molecule has 194 valence electrons. The minimum Gasteiger partial charge on any atom is -0.484 e. The van der Waals surface area contributed by atoms with Crippen LogP contribution >= 0.6 is 23.2 Å². The van der Waals surface area contributed by atoms with E-state index in [0.29, 0.717) is 28.2 Å². The predicted octanol–water partition coefficient (Wildman–Crippen LogP) is 6.86. The fourth-order valence-electron chi connectivity index (χ4n) is 4.61. The van der Waals surface area contributed by atoms with Gasteiger partial charge >= 0.3 is 0 Å². The Hall–Kier alpha value is -3.06. The van der Waals surface area contributed by atoms with Crippen LogP contribution in [-0.2, 0) is 29.1 Å². The predicted molar refractivity (Wildman–Crippen MR) is 150 cm³/mol. The quantitative estimate of drug-likeness (QED) is 0.221. The monoisotopic (exact) mass is 539 g/mol. The molecular weight excluding hydrogens is 509 g/mol. The Morgan fingerprint density at radius 1 is 1.11 bits per heavy atom. The van der Waals surface area contributed by atoms with Gasteiger partial charge < -0.3 is 18.9 Å². The zero-order valence-corrected chi connectivity index (χ0v) is 23.0. The van der Waals surface area contributed by atoms with Crippen LogP contribution < -0.4 is 9.64 Å². The number of aryl methyl sites for hydroxylation is 2. The van der Waals surface area contributed by atoms with Crippen molar-refractivity contribution in [2.75, 3.05) is 18.6 Å². The lowest BCUT2D eigenvalue weighted by atomic mass is 10.0. The van der Waals surface area contributed by atoms with E-state index in [1.807, 2.05) is 59.7 Å². The second-order valence-electron chi connectivity index (χ2n) is 8.97. The summed E-state index contributed by atoms with van der Waals surface area (Å²) < 4.78 is 13.4. The summed E-state index contributed by atoms with van der Waals surface area (Å²) in [5.41, 5.74) is 4.75. The SMILES string of the molecule is CCc1cccc(C)c1N(C(=O)Cn1c(COc2ccc(Cl)cc2Cl)nc2ccccc21)C(C)COC. The Balaban J connectivity index is 1.71. The highest BCUT2D eigenvalue weighted by atomic mass is 35.5. The number of para-hydroxylation sites is 3. The molecule has 0 spiro atoms. The van der Waals surface area contributed by atoms with Gasteiger partial charge in [-0.3, -0.25) is 4.79 Å². The molecule has 6 nitrogen and oxygen atoms in total. The molecule has 3 aromatic carbocycles. The summed E-state index contributed by atoms with van der Waals surface area (Å²) >= 11 is 12.3. The van der Waals surface area contributed by atoms with Crippen LogP contribution in [0.15, 0.2) is 60.7 Å². The number of methoxy groups -OCH3 is 1. The average molecular weight is 540 g/mol. The van der Waals surface area contributed by atoms with Gasteiger partial charge in [0.05, 0.1) is 34.4 Å². The first-order chi connectivity index (χ1) is 17.8. The fraction of sp³-hybridized carbons (Fsp3) is 0.310. The molecular formula is C29H31Cl2N3O3. The van der Waals surface area contributed by atoms with Crippen molar-refractivity contribution in [2.45, 2.75) is 46.4 Å². The van der Waals surface area contributed by atoms with Gasteiger partial charge in [-0.25, -0.2) is 4.98 Å². The summed E-state index contributed by atoms with van der Waals surface area (Å²) in [6.07, 6.45) is 0.815. The molecule has 1 aromatic heterocycles. The van der Waals surface area contributed by atoms with Gasteiger partial charge in [0.2, 0.25) is 5.91 Å². The first-order valence-electron chi connectivity index (χ1n) is 12.3. The van der Waals surface area contributed by atoms with Gasteiger partial charge in [0.25, 0.3) is 0 Å². The second kappa shape index (κ2) is 12.0. The molecule has 0 saturated heterocycles.